The van der Waals surface area contributed by atoms with Gasteiger partial charge in [0.2, 0.25) is 0 Å². The number of halogens is 1. The second kappa shape index (κ2) is 5.70. The number of benzene rings is 1. The van der Waals surface area contributed by atoms with E-state index in [-0.39, 0.29) is 0 Å². The predicted octanol–water partition coefficient (Wildman–Crippen LogP) is 2.02. The molecule has 0 fully saturated rings. The van der Waals surface area contributed by atoms with Crippen LogP contribution in [-0.4, -0.2) is 23.3 Å². The maximum Gasteiger partial charge on any atom is 0.0760 e. The Bertz CT molecular complexity index is 481. The Morgan fingerprint density at radius 3 is 2.94 bits per heavy atom. The van der Waals surface area contributed by atoms with Crippen LogP contribution in [-0.2, 0) is 6.42 Å². The van der Waals surface area contributed by atoms with E-state index in [0.717, 1.165) is 34.9 Å². The lowest BCUT2D eigenvalue weighted by Crippen LogP contribution is -2.13. The zero-order chi connectivity index (χ0) is 12.1. The maximum atomic E-state index is 6.12. The number of nitrogens with zero attached hydrogens (tertiary/aromatic N) is 1. The monoisotopic (exact) mass is 250 g/mol. The van der Waals surface area contributed by atoms with Crippen molar-refractivity contribution in [3.63, 3.8) is 0 Å². The first-order chi connectivity index (χ1) is 8.31. The van der Waals surface area contributed by atoms with Crippen molar-refractivity contribution >= 4 is 17.3 Å². The van der Waals surface area contributed by atoms with Gasteiger partial charge in [-0.25, -0.2) is 0 Å². The molecule has 5 heteroatoms. The van der Waals surface area contributed by atoms with Gasteiger partial charge in [-0.3, -0.25) is 5.10 Å². The molecule has 2 aromatic rings. The summed E-state index contributed by atoms with van der Waals surface area (Å²) in [6.45, 7) is 1.33. The Morgan fingerprint density at radius 1 is 1.35 bits per heavy atom. The van der Waals surface area contributed by atoms with Gasteiger partial charge in [-0.15, -0.1) is 0 Å². The third kappa shape index (κ3) is 2.99. The van der Waals surface area contributed by atoms with Crippen LogP contribution in [0.5, 0.6) is 0 Å². The van der Waals surface area contributed by atoms with Gasteiger partial charge in [-0.1, -0.05) is 29.8 Å². The molecule has 0 aliphatic rings. The molecule has 0 unspecified atom stereocenters. The average molecular weight is 251 g/mol. The fraction of sp³-hybridized carbons (Fsp3) is 0.250. The summed E-state index contributed by atoms with van der Waals surface area (Å²) in [4.78, 5) is 0. The molecule has 0 spiro atoms. The van der Waals surface area contributed by atoms with Crippen LogP contribution in [0.3, 0.4) is 0 Å². The molecule has 2 rings (SSSR count). The summed E-state index contributed by atoms with van der Waals surface area (Å²) in [6, 6.07) is 7.80. The van der Waals surface area contributed by atoms with Crippen molar-refractivity contribution in [2.24, 2.45) is 5.73 Å². The molecule has 4 N–H and O–H groups in total. The van der Waals surface area contributed by atoms with Gasteiger partial charge in [0.15, 0.2) is 0 Å². The zero-order valence-corrected chi connectivity index (χ0v) is 10.2. The molecular formula is C12H15ClN4. The summed E-state index contributed by atoms with van der Waals surface area (Å²) in [7, 11) is 0. The first kappa shape index (κ1) is 12.0. The Morgan fingerprint density at radius 2 is 2.18 bits per heavy atom. The van der Waals surface area contributed by atoms with Gasteiger partial charge in [-0.2, -0.15) is 5.10 Å². The summed E-state index contributed by atoms with van der Waals surface area (Å²) < 4.78 is 0. The minimum atomic E-state index is 0.594. The maximum absolute atomic E-state index is 6.12. The summed E-state index contributed by atoms with van der Waals surface area (Å²) >= 11 is 6.12. The van der Waals surface area contributed by atoms with Gasteiger partial charge in [0, 0.05) is 24.5 Å². The van der Waals surface area contributed by atoms with Gasteiger partial charge >= 0.3 is 0 Å². The van der Waals surface area contributed by atoms with Crippen LogP contribution >= 0.6 is 11.6 Å². The molecule has 1 aromatic heterocycles. The number of aromatic amines is 1. The second-order valence-corrected chi connectivity index (χ2v) is 4.15. The lowest BCUT2D eigenvalue weighted by Gasteiger charge is -2.06. The van der Waals surface area contributed by atoms with Gasteiger partial charge in [0.05, 0.1) is 17.6 Å². The normalized spacial score (nSPS) is 10.5. The van der Waals surface area contributed by atoms with E-state index in [1.54, 1.807) is 6.20 Å². The van der Waals surface area contributed by atoms with Crippen molar-refractivity contribution in [2.45, 2.75) is 6.42 Å². The van der Waals surface area contributed by atoms with Crippen molar-refractivity contribution in [3.05, 3.63) is 46.7 Å². The summed E-state index contributed by atoms with van der Waals surface area (Å²) in [6.07, 6.45) is 2.49. The van der Waals surface area contributed by atoms with E-state index in [1.807, 2.05) is 24.3 Å². The van der Waals surface area contributed by atoms with Gasteiger partial charge < -0.3 is 11.1 Å². The van der Waals surface area contributed by atoms with Crippen LogP contribution in [0.2, 0.25) is 5.02 Å². The van der Waals surface area contributed by atoms with Crippen molar-refractivity contribution in [2.75, 3.05) is 18.4 Å². The predicted molar refractivity (Wildman–Crippen MR) is 70.4 cm³/mol. The smallest absolute Gasteiger partial charge is 0.0760 e. The molecule has 0 saturated carbocycles. The van der Waals surface area contributed by atoms with Gasteiger partial charge in [0.1, 0.15) is 0 Å². The van der Waals surface area contributed by atoms with Crippen LogP contribution in [0.1, 0.15) is 11.3 Å². The Hall–Kier alpha value is -1.52. The number of nitrogens with two attached hydrogens (primary N) is 1. The largest absolute Gasteiger partial charge is 0.381 e. The van der Waals surface area contributed by atoms with Gasteiger partial charge in [0.25, 0.3) is 0 Å². The van der Waals surface area contributed by atoms with Crippen LogP contribution in [0.25, 0.3) is 0 Å². The molecule has 1 heterocycles. The number of hydrogen-bond acceptors (Lipinski definition) is 3. The number of rotatable bonds is 5. The molecular weight excluding hydrogens is 236 g/mol. The van der Waals surface area contributed by atoms with E-state index in [0.29, 0.717) is 6.54 Å². The molecule has 0 bridgehead atoms. The SMILES string of the molecule is NCCNc1cn[nH]c1Cc1ccccc1Cl. The Balaban J connectivity index is 2.13. The highest BCUT2D eigenvalue weighted by atomic mass is 35.5. The quantitative estimate of drug-likeness (QED) is 0.761. The fourth-order valence-electron chi connectivity index (χ4n) is 1.64. The number of aromatic nitrogens is 2. The molecule has 0 amide bonds. The van der Waals surface area contributed by atoms with E-state index in [9.17, 15) is 0 Å². The molecule has 0 aliphatic heterocycles. The van der Waals surface area contributed by atoms with Crippen molar-refractivity contribution < 1.29 is 0 Å². The van der Waals surface area contributed by atoms with Crippen LogP contribution in [0.15, 0.2) is 30.5 Å². The first-order valence-corrected chi connectivity index (χ1v) is 5.88. The molecule has 4 nitrogen and oxygen atoms in total. The van der Waals surface area contributed by atoms with Crippen LogP contribution in [0, 0.1) is 0 Å². The fourth-order valence-corrected chi connectivity index (χ4v) is 1.84. The highest BCUT2D eigenvalue weighted by Crippen LogP contribution is 2.21. The summed E-state index contributed by atoms with van der Waals surface area (Å²) in [5, 5.41) is 11.0. The topological polar surface area (TPSA) is 66.7 Å². The molecule has 0 saturated heterocycles. The Kier molecular flexibility index (Phi) is 4.01. The average Bonchev–Trinajstić information content (AvgIpc) is 2.77. The standard InChI is InChI=1S/C12H15ClN4/c13-10-4-2-1-3-9(10)7-11-12(8-16-17-11)15-6-5-14/h1-4,8,15H,5-7,14H2,(H,16,17). The van der Waals surface area contributed by atoms with E-state index < -0.39 is 0 Å². The minimum Gasteiger partial charge on any atom is -0.381 e. The Labute approximate surface area is 105 Å². The lowest BCUT2D eigenvalue weighted by atomic mass is 10.1. The minimum absolute atomic E-state index is 0.594. The van der Waals surface area contributed by atoms with Crippen LogP contribution in [0.4, 0.5) is 5.69 Å². The summed E-state index contributed by atoms with van der Waals surface area (Å²) in [5.74, 6) is 0. The van der Waals surface area contributed by atoms with Gasteiger partial charge in [-0.05, 0) is 11.6 Å². The molecule has 1 aromatic carbocycles. The van der Waals surface area contributed by atoms with Crippen LogP contribution < -0.4 is 11.1 Å². The third-order valence-electron chi connectivity index (χ3n) is 2.50. The second-order valence-electron chi connectivity index (χ2n) is 3.75. The molecule has 0 atom stereocenters. The molecule has 0 radical (unpaired) electrons. The first-order valence-electron chi connectivity index (χ1n) is 5.51. The van der Waals surface area contributed by atoms with Crippen molar-refractivity contribution in [3.8, 4) is 0 Å². The van der Waals surface area contributed by atoms with Crippen molar-refractivity contribution in [1.29, 1.82) is 0 Å². The number of nitrogens with one attached hydrogen (secondary N) is 2. The highest BCUT2D eigenvalue weighted by molar-refractivity contribution is 6.31. The highest BCUT2D eigenvalue weighted by Gasteiger charge is 2.07. The number of anilines is 1. The third-order valence-corrected chi connectivity index (χ3v) is 2.87. The molecule has 0 aliphatic carbocycles. The van der Waals surface area contributed by atoms with Crippen molar-refractivity contribution in [1.82, 2.24) is 10.2 Å². The van der Waals surface area contributed by atoms with E-state index in [1.165, 1.54) is 0 Å². The van der Waals surface area contributed by atoms with E-state index >= 15 is 0 Å². The lowest BCUT2D eigenvalue weighted by molar-refractivity contribution is 0.987. The molecule has 90 valence electrons. The number of H-pyrrole nitrogens is 1. The van der Waals surface area contributed by atoms with E-state index in [2.05, 4.69) is 15.5 Å². The van der Waals surface area contributed by atoms with E-state index in [4.69, 9.17) is 17.3 Å². The molecule has 17 heavy (non-hydrogen) atoms. The summed E-state index contributed by atoms with van der Waals surface area (Å²) in [5.41, 5.74) is 8.54. The zero-order valence-electron chi connectivity index (χ0n) is 9.41. The number of hydrogen-bond donors (Lipinski definition) is 3.